The Hall–Kier alpha value is -3.14. The van der Waals surface area contributed by atoms with E-state index in [0.29, 0.717) is 55.1 Å². The molecule has 2 saturated heterocycles. The number of esters is 1. The fourth-order valence-electron chi connectivity index (χ4n) is 6.22. The van der Waals surface area contributed by atoms with Gasteiger partial charge in [0, 0.05) is 12.3 Å². The zero-order valence-corrected chi connectivity index (χ0v) is 26.9. The second-order valence-electron chi connectivity index (χ2n) is 12.4. The summed E-state index contributed by atoms with van der Waals surface area (Å²) in [6.07, 6.45) is 2.63. The zero-order chi connectivity index (χ0) is 31.5. The lowest BCUT2D eigenvalue weighted by atomic mass is 9.66. The molecule has 0 aliphatic carbocycles. The van der Waals surface area contributed by atoms with Crippen molar-refractivity contribution in [3.05, 3.63) is 59.7 Å². The van der Waals surface area contributed by atoms with E-state index in [2.05, 4.69) is 41.5 Å². The Morgan fingerprint density at radius 3 is 1.77 bits per heavy atom. The Balaban J connectivity index is 1.50. The van der Waals surface area contributed by atoms with Crippen LogP contribution in [-0.4, -0.2) is 67.9 Å². The number of piperidine rings is 1. The molecule has 3 atom stereocenters. The molecular formula is C34H47NO8. The number of methoxy groups -OCH3 is 2. The first-order valence-electron chi connectivity index (χ1n) is 15.2. The van der Waals surface area contributed by atoms with Crippen LogP contribution in [0.2, 0.25) is 0 Å². The summed E-state index contributed by atoms with van der Waals surface area (Å²) in [4.78, 5) is 32.4. The Kier molecular flexibility index (Phi) is 9.79. The zero-order valence-electron chi connectivity index (χ0n) is 26.9. The molecule has 2 aromatic rings. The summed E-state index contributed by atoms with van der Waals surface area (Å²) >= 11 is 0. The maximum atomic E-state index is 13.4. The summed E-state index contributed by atoms with van der Waals surface area (Å²) in [7, 11) is 3.17. The minimum atomic E-state index is -0.892. The summed E-state index contributed by atoms with van der Waals surface area (Å²) < 4.78 is 29.7. The Labute approximate surface area is 255 Å². The number of benzene rings is 2. The highest BCUT2D eigenvalue weighted by molar-refractivity contribution is 5.90. The van der Waals surface area contributed by atoms with E-state index < -0.39 is 34.2 Å². The van der Waals surface area contributed by atoms with Crippen LogP contribution in [0.1, 0.15) is 87.9 Å². The van der Waals surface area contributed by atoms with Crippen LogP contribution >= 0.6 is 0 Å². The number of hydroxylamine groups is 2. The third-order valence-electron chi connectivity index (χ3n) is 9.98. The Morgan fingerprint density at radius 1 is 0.814 bits per heavy atom. The van der Waals surface area contributed by atoms with Gasteiger partial charge in [0.05, 0.1) is 55.1 Å². The Morgan fingerprint density at radius 2 is 1.33 bits per heavy atom. The fraction of sp³-hybridized carbons (Fsp3) is 0.588. The number of carbonyl (C=O) groups excluding carboxylic acids is 2. The van der Waals surface area contributed by atoms with Crippen molar-refractivity contribution in [2.75, 3.05) is 34.0 Å². The van der Waals surface area contributed by atoms with Gasteiger partial charge in [-0.25, -0.2) is 9.59 Å². The molecule has 4 rings (SSSR count). The molecule has 2 aromatic carbocycles. The molecule has 0 N–H and O–H groups in total. The quantitative estimate of drug-likeness (QED) is 0.287. The van der Waals surface area contributed by atoms with E-state index in [1.54, 1.807) is 62.8 Å². The lowest BCUT2D eigenvalue weighted by Crippen LogP contribution is -2.74. The van der Waals surface area contributed by atoms with Crippen LogP contribution < -0.4 is 9.47 Å². The largest absolute Gasteiger partial charge is 0.497 e. The molecule has 0 amide bonds. The van der Waals surface area contributed by atoms with E-state index in [-0.39, 0.29) is 12.5 Å². The van der Waals surface area contributed by atoms with Gasteiger partial charge in [0.2, 0.25) is 0 Å². The van der Waals surface area contributed by atoms with Crippen molar-refractivity contribution in [2.45, 2.75) is 84.1 Å². The van der Waals surface area contributed by atoms with Crippen molar-refractivity contribution in [3.63, 3.8) is 0 Å². The normalized spacial score (nSPS) is 30.9. The van der Waals surface area contributed by atoms with E-state index in [1.807, 2.05) is 5.06 Å². The molecule has 2 fully saturated rings. The van der Waals surface area contributed by atoms with Gasteiger partial charge in [0.25, 0.3) is 0 Å². The predicted molar refractivity (Wildman–Crippen MR) is 162 cm³/mol. The standard InChI is InChI=1S/C34H47NO8/c1-9-31(5)20-34(24(4)32(6,10-2)35(31)43-30(37)26-14-18-28(39-8)19-15-26)41-22-33(11-3,23-42-34)21-40-29(36)25-12-16-27(38-7)17-13-25/h12-19,24H,9-11,20-23H2,1-8H3. The number of nitrogens with zero attached hydrogens (tertiary/aromatic N) is 1. The molecule has 0 bridgehead atoms. The molecular weight excluding hydrogens is 550 g/mol. The maximum absolute atomic E-state index is 13.4. The molecule has 3 unspecified atom stereocenters. The lowest BCUT2D eigenvalue weighted by molar-refractivity contribution is -0.400. The molecule has 1 spiro atoms. The van der Waals surface area contributed by atoms with Crippen molar-refractivity contribution in [3.8, 4) is 11.5 Å². The summed E-state index contributed by atoms with van der Waals surface area (Å²) in [5.41, 5.74) is -0.711. The maximum Gasteiger partial charge on any atom is 0.357 e. The van der Waals surface area contributed by atoms with Gasteiger partial charge >= 0.3 is 11.9 Å². The van der Waals surface area contributed by atoms with Gasteiger partial charge in [0.1, 0.15) is 18.1 Å². The third kappa shape index (κ3) is 6.26. The van der Waals surface area contributed by atoms with E-state index in [1.165, 1.54) is 0 Å². The number of carbonyl (C=O) groups is 2. The van der Waals surface area contributed by atoms with Gasteiger partial charge in [-0.3, -0.25) is 0 Å². The molecule has 236 valence electrons. The minimum absolute atomic E-state index is 0.148. The van der Waals surface area contributed by atoms with Crippen molar-refractivity contribution in [1.82, 2.24) is 5.06 Å². The molecule has 2 aliphatic heterocycles. The molecule has 0 aromatic heterocycles. The first-order chi connectivity index (χ1) is 20.4. The van der Waals surface area contributed by atoms with Crippen LogP contribution in [0.4, 0.5) is 0 Å². The molecule has 9 heteroatoms. The lowest BCUT2D eigenvalue weighted by Gasteiger charge is -2.63. The average Bonchev–Trinajstić information content (AvgIpc) is 3.05. The van der Waals surface area contributed by atoms with Gasteiger partial charge < -0.3 is 28.5 Å². The number of rotatable bonds is 10. The van der Waals surface area contributed by atoms with Crippen molar-refractivity contribution in [2.24, 2.45) is 11.3 Å². The van der Waals surface area contributed by atoms with Gasteiger partial charge in [0.15, 0.2) is 5.79 Å². The second kappa shape index (κ2) is 12.8. The molecule has 0 radical (unpaired) electrons. The first kappa shape index (κ1) is 32.8. The SMILES string of the molecule is CCC1(COC(=O)c2ccc(OC)cc2)COC2(CC(C)(CC)N(OC(=O)c3ccc(OC)cc3)C(C)(CC)C2C)OC1. The number of hydrogen-bond acceptors (Lipinski definition) is 9. The number of ether oxygens (including phenoxy) is 5. The van der Waals surface area contributed by atoms with E-state index >= 15 is 0 Å². The van der Waals surface area contributed by atoms with Crippen molar-refractivity contribution in [1.29, 1.82) is 0 Å². The van der Waals surface area contributed by atoms with Crippen LogP contribution in [0.3, 0.4) is 0 Å². The van der Waals surface area contributed by atoms with Gasteiger partial charge in [-0.15, -0.1) is 5.06 Å². The average molecular weight is 598 g/mol. The summed E-state index contributed by atoms with van der Waals surface area (Å²) in [5, 5.41) is 1.90. The summed E-state index contributed by atoms with van der Waals surface area (Å²) in [6, 6.07) is 13.8. The van der Waals surface area contributed by atoms with Gasteiger partial charge in [-0.1, -0.05) is 27.7 Å². The van der Waals surface area contributed by atoms with Crippen LogP contribution in [-0.2, 0) is 19.0 Å². The summed E-state index contributed by atoms with van der Waals surface area (Å²) in [6.45, 7) is 13.5. The minimum Gasteiger partial charge on any atom is -0.497 e. The van der Waals surface area contributed by atoms with Gasteiger partial charge in [-0.2, -0.15) is 0 Å². The molecule has 2 aliphatic rings. The van der Waals surface area contributed by atoms with Crippen LogP contribution in [0.5, 0.6) is 11.5 Å². The smallest absolute Gasteiger partial charge is 0.357 e. The second-order valence-corrected chi connectivity index (χ2v) is 12.4. The fourth-order valence-corrected chi connectivity index (χ4v) is 6.22. The van der Waals surface area contributed by atoms with Gasteiger partial charge in [-0.05, 0) is 81.6 Å². The van der Waals surface area contributed by atoms with Crippen LogP contribution in [0, 0.1) is 11.3 Å². The highest BCUT2D eigenvalue weighted by Crippen LogP contribution is 2.54. The van der Waals surface area contributed by atoms with E-state index in [0.717, 1.165) is 6.42 Å². The molecule has 9 nitrogen and oxygen atoms in total. The highest BCUT2D eigenvalue weighted by atomic mass is 16.7. The van der Waals surface area contributed by atoms with Crippen LogP contribution in [0.25, 0.3) is 0 Å². The van der Waals surface area contributed by atoms with E-state index in [9.17, 15) is 9.59 Å². The van der Waals surface area contributed by atoms with Crippen LogP contribution in [0.15, 0.2) is 48.5 Å². The Bertz CT molecular complexity index is 1250. The highest BCUT2D eigenvalue weighted by Gasteiger charge is 2.64. The van der Waals surface area contributed by atoms with Crippen molar-refractivity contribution >= 4 is 11.9 Å². The van der Waals surface area contributed by atoms with E-state index in [4.69, 9.17) is 28.5 Å². The third-order valence-corrected chi connectivity index (χ3v) is 9.98. The molecule has 2 heterocycles. The topological polar surface area (TPSA) is 92.8 Å². The number of hydrogen-bond donors (Lipinski definition) is 0. The predicted octanol–water partition coefficient (Wildman–Crippen LogP) is 6.45. The molecule has 0 saturated carbocycles. The van der Waals surface area contributed by atoms with Crippen molar-refractivity contribution < 1.29 is 38.1 Å². The molecule has 43 heavy (non-hydrogen) atoms. The summed E-state index contributed by atoms with van der Waals surface area (Å²) in [5.74, 6) is -0.503. The monoisotopic (exact) mass is 597 g/mol. The first-order valence-corrected chi connectivity index (χ1v) is 15.2.